The summed E-state index contributed by atoms with van der Waals surface area (Å²) in [6, 6.07) is 7.76. The van der Waals surface area contributed by atoms with E-state index >= 15 is 0 Å². The molecule has 1 fully saturated rings. The van der Waals surface area contributed by atoms with Crippen LogP contribution in [0, 0.1) is 0 Å². The summed E-state index contributed by atoms with van der Waals surface area (Å²) < 4.78 is 10.5. The first kappa shape index (κ1) is 11.3. The van der Waals surface area contributed by atoms with Gasteiger partial charge < -0.3 is 9.47 Å². The fourth-order valence-electron chi connectivity index (χ4n) is 2.94. The molecule has 2 aliphatic rings. The van der Waals surface area contributed by atoms with Crippen LogP contribution in [-0.2, 0) is 31.1 Å². The highest BCUT2D eigenvalue weighted by atomic mass is 16.6. The third-order valence-electron chi connectivity index (χ3n) is 3.99. The zero-order valence-electron chi connectivity index (χ0n) is 10.4. The molecule has 18 heavy (non-hydrogen) atoms. The van der Waals surface area contributed by atoms with Crippen molar-refractivity contribution in [2.75, 3.05) is 0 Å². The molecule has 0 aromatic heterocycles. The highest BCUT2D eigenvalue weighted by Crippen LogP contribution is 2.62. The molecule has 94 valence electrons. The summed E-state index contributed by atoms with van der Waals surface area (Å²) in [7, 11) is 0. The minimum Gasteiger partial charge on any atom is -0.458 e. The molecular weight excluding hydrogens is 232 g/mol. The molecular formula is C14H14O4. The highest BCUT2D eigenvalue weighted by Gasteiger charge is 2.75. The Morgan fingerprint density at radius 2 is 2.11 bits per heavy atom. The molecule has 0 amide bonds. The zero-order chi connectivity index (χ0) is 13.0. The summed E-state index contributed by atoms with van der Waals surface area (Å²) in [5.74, 6) is -0.883. The Kier molecular flexibility index (Phi) is 2.09. The van der Waals surface area contributed by atoms with Gasteiger partial charge in [-0.05, 0) is 11.1 Å². The van der Waals surface area contributed by atoms with Crippen molar-refractivity contribution in [3.05, 3.63) is 35.4 Å². The van der Waals surface area contributed by atoms with Gasteiger partial charge in [0, 0.05) is 18.8 Å². The second-order valence-electron chi connectivity index (χ2n) is 5.16. The first-order valence-electron chi connectivity index (χ1n) is 5.95. The number of benzene rings is 1. The van der Waals surface area contributed by atoms with Gasteiger partial charge >= 0.3 is 11.9 Å². The van der Waals surface area contributed by atoms with Gasteiger partial charge in [-0.3, -0.25) is 4.79 Å². The highest BCUT2D eigenvalue weighted by molar-refractivity contribution is 5.91. The van der Waals surface area contributed by atoms with Crippen LogP contribution in [-0.4, -0.2) is 17.5 Å². The molecule has 1 aromatic carbocycles. The van der Waals surface area contributed by atoms with Crippen molar-refractivity contribution in [1.82, 2.24) is 0 Å². The molecule has 4 nitrogen and oxygen atoms in total. The van der Waals surface area contributed by atoms with Crippen LogP contribution < -0.4 is 0 Å². The molecule has 0 N–H and O–H groups in total. The predicted octanol–water partition coefficient (Wildman–Crippen LogP) is 1.71. The minimum atomic E-state index is -1.12. The van der Waals surface area contributed by atoms with Gasteiger partial charge in [-0.1, -0.05) is 31.2 Å². The third kappa shape index (κ3) is 1.26. The fourth-order valence-corrected chi connectivity index (χ4v) is 2.94. The molecule has 4 heteroatoms. The van der Waals surface area contributed by atoms with Crippen LogP contribution in [0.4, 0.5) is 0 Å². The van der Waals surface area contributed by atoms with E-state index in [1.165, 1.54) is 6.92 Å². The average Bonchev–Trinajstić information content (AvgIpc) is 2.93. The van der Waals surface area contributed by atoms with Crippen molar-refractivity contribution in [3.8, 4) is 0 Å². The van der Waals surface area contributed by atoms with Crippen molar-refractivity contribution >= 4 is 11.9 Å². The molecule has 1 aromatic rings. The molecule has 0 saturated heterocycles. The van der Waals surface area contributed by atoms with Crippen LogP contribution >= 0.6 is 0 Å². The van der Waals surface area contributed by atoms with E-state index in [4.69, 9.17) is 9.47 Å². The monoisotopic (exact) mass is 246 g/mol. The van der Waals surface area contributed by atoms with Crippen molar-refractivity contribution in [3.63, 3.8) is 0 Å². The number of esters is 2. The zero-order valence-corrected chi connectivity index (χ0v) is 10.4. The predicted molar refractivity (Wildman–Crippen MR) is 62.7 cm³/mol. The van der Waals surface area contributed by atoms with Crippen LogP contribution in [0.5, 0.6) is 0 Å². The van der Waals surface area contributed by atoms with E-state index in [0.717, 1.165) is 11.1 Å². The van der Waals surface area contributed by atoms with Crippen LogP contribution in [0.2, 0.25) is 0 Å². The normalized spacial score (nSPS) is 32.7. The number of cyclic esters (lactones) is 1. The van der Waals surface area contributed by atoms with E-state index in [9.17, 15) is 9.59 Å². The van der Waals surface area contributed by atoms with Crippen molar-refractivity contribution < 1.29 is 19.1 Å². The summed E-state index contributed by atoms with van der Waals surface area (Å²) in [6.45, 7) is 3.51. The molecule has 0 unspecified atom stereocenters. The number of hydrogen-bond acceptors (Lipinski definition) is 4. The number of rotatable bonds is 1. The number of carbonyl (C=O) groups is 2. The first-order valence-corrected chi connectivity index (χ1v) is 5.95. The SMILES string of the molecule is CC(=O)O[C@@]12C[C@]1(C)c1ccccc1COC2=O. The van der Waals surface area contributed by atoms with Gasteiger partial charge in [0.05, 0.1) is 0 Å². The van der Waals surface area contributed by atoms with Crippen LogP contribution in [0.25, 0.3) is 0 Å². The quantitative estimate of drug-likeness (QED) is 0.708. The topological polar surface area (TPSA) is 52.6 Å². The standard InChI is InChI=1S/C14H14O4/c1-9(15)18-14-8-13(14,2)11-6-4-3-5-10(11)7-17-12(14)16/h3-6H,7-8H2,1-2H3/t13-,14-/m1/s1. The van der Waals surface area contributed by atoms with E-state index in [2.05, 4.69) is 0 Å². The maximum absolute atomic E-state index is 12.1. The second-order valence-corrected chi connectivity index (χ2v) is 5.16. The van der Waals surface area contributed by atoms with Gasteiger partial charge in [-0.25, -0.2) is 4.79 Å². The smallest absolute Gasteiger partial charge is 0.351 e. The summed E-state index contributed by atoms with van der Waals surface area (Å²) in [5.41, 5.74) is 0.450. The maximum Gasteiger partial charge on any atom is 0.351 e. The van der Waals surface area contributed by atoms with E-state index in [1.807, 2.05) is 31.2 Å². The fraction of sp³-hybridized carbons (Fsp3) is 0.429. The maximum atomic E-state index is 12.1. The average molecular weight is 246 g/mol. The number of fused-ring (bicyclic) bond motifs is 3. The number of ether oxygens (including phenoxy) is 2. The summed E-state index contributed by atoms with van der Waals surface area (Å²) in [5, 5.41) is 0. The van der Waals surface area contributed by atoms with E-state index in [-0.39, 0.29) is 6.61 Å². The molecule has 1 heterocycles. The van der Waals surface area contributed by atoms with Gasteiger partial charge in [0.1, 0.15) is 6.61 Å². The van der Waals surface area contributed by atoms with E-state index in [1.54, 1.807) is 0 Å². The third-order valence-corrected chi connectivity index (χ3v) is 3.99. The Bertz CT molecular complexity index is 550. The Morgan fingerprint density at radius 3 is 2.83 bits per heavy atom. The molecule has 3 rings (SSSR count). The molecule has 0 spiro atoms. The summed E-state index contributed by atoms with van der Waals surface area (Å²) >= 11 is 0. The van der Waals surface area contributed by atoms with Crippen molar-refractivity contribution in [2.24, 2.45) is 0 Å². The Labute approximate surface area is 105 Å². The van der Waals surface area contributed by atoms with Crippen LogP contribution in [0.1, 0.15) is 31.4 Å². The molecule has 1 aliphatic carbocycles. The lowest BCUT2D eigenvalue weighted by Crippen LogP contribution is -2.35. The lowest BCUT2D eigenvalue weighted by molar-refractivity contribution is -0.172. The molecule has 1 aliphatic heterocycles. The van der Waals surface area contributed by atoms with Gasteiger partial charge in [0.25, 0.3) is 0 Å². The van der Waals surface area contributed by atoms with Gasteiger partial charge in [-0.2, -0.15) is 0 Å². The van der Waals surface area contributed by atoms with E-state index < -0.39 is 23.0 Å². The molecule has 1 saturated carbocycles. The van der Waals surface area contributed by atoms with Crippen LogP contribution in [0.15, 0.2) is 24.3 Å². The van der Waals surface area contributed by atoms with E-state index in [0.29, 0.717) is 6.42 Å². The Morgan fingerprint density at radius 1 is 1.39 bits per heavy atom. The number of hydrogen-bond donors (Lipinski definition) is 0. The minimum absolute atomic E-state index is 0.244. The number of carbonyl (C=O) groups excluding carboxylic acids is 2. The second kappa shape index (κ2) is 3.34. The lowest BCUT2D eigenvalue weighted by Gasteiger charge is -2.18. The largest absolute Gasteiger partial charge is 0.458 e. The Balaban J connectivity index is 2.11. The molecule has 0 bridgehead atoms. The van der Waals surface area contributed by atoms with Crippen molar-refractivity contribution in [1.29, 1.82) is 0 Å². The Hall–Kier alpha value is -1.84. The van der Waals surface area contributed by atoms with Crippen molar-refractivity contribution in [2.45, 2.75) is 37.9 Å². The van der Waals surface area contributed by atoms with Gasteiger partial charge in [0.15, 0.2) is 0 Å². The summed E-state index contributed by atoms with van der Waals surface area (Å²) in [6.07, 6.45) is 0.495. The summed E-state index contributed by atoms with van der Waals surface area (Å²) in [4.78, 5) is 23.3. The van der Waals surface area contributed by atoms with Gasteiger partial charge in [-0.15, -0.1) is 0 Å². The molecule has 0 radical (unpaired) electrons. The lowest BCUT2D eigenvalue weighted by atomic mass is 9.90. The van der Waals surface area contributed by atoms with Crippen LogP contribution in [0.3, 0.4) is 0 Å². The van der Waals surface area contributed by atoms with Gasteiger partial charge in [0.2, 0.25) is 5.60 Å². The molecule has 2 atom stereocenters. The first-order chi connectivity index (χ1) is 8.49.